The smallest absolute Gasteiger partial charge is 0.239 e. The molecule has 0 saturated carbocycles. The van der Waals surface area contributed by atoms with E-state index in [2.05, 4.69) is 5.32 Å². The molecule has 0 fully saturated rings. The minimum atomic E-state index is -0.0384. The number of hydrogen-bond acceptors (Lipinski definition) is 4. The second-order valence-electron chi connectivity index (χ2n) is 4.98. The Balaban J connectivity index is 3.08. The summed E-state index contributed by atoms with van der Waals surface area (Å²) >= 11 is 5.09. The maximum absolute atomic E-state index is 12.0. The number of rotatable bonds is 7. The van der Waals surface area contributed by atoms with Crippen molar-refractivity contribution in [2.75, 3.05) is 25.1 Å². The van der Waals surface area contributed by atoms with Gasteiger partial charge in [0.15, 0.2) is 0 Å². The van der Waals surface area contributed by atoms with Crippen LogP contribution >= 0.6 is 12.2 Å². The first-order valence-electron chi connectivity index (χ1n) is 6.91. The summed E-state index contributed by atoms with van der Waals surface area (Å²) in [7, 11) is 1.60. The number of hydrogen-bond donors (Lipinski definition) is 2. The van der Waals surface area contributed by atoms with E-state index in [0.717, 1.165) is 11.3 Å². The number of benzene rings is 1. The summed E-state index contributed by atoms with van der Waals surface area (Å²) in [6.07, 6.45) is 0. The van der Waals surface area contributed by atoms with Crippen molar-refractivity contribution in [1.29, 1.82) is 0 Å². The summed E-state index contributed by atoms with van der Waals surface area (Å²) in [5.41, 5.74) is 7.32. The molecule has 0 aliphatic rings. The lowest BCUT2D eigenvalue weighted by atomic mass is 10.1. The molecule has 0 atom stereocenters. The molecule has 0 aliphatic carbocycles. The third-order valence-corrected chi connectivity index (χ3v) is 3.20. The molecule has 0 aromatic heterocycles. The summed E-state index contributed by atoms with van der Waals surface area (Å²) in [6, 6.07) is 5.58. The number of likely N-dealkylation sites (N-methyl/N-ethyl adjacent to an activating group) is 1. The number of anilines is 1. The largest absolute Gasteiger partial charge is 0.497 e. The molecule has 3 N–H and O–H groups in total. The first-order chi connectivity index (χ1) is 9.88. The Labute approximate surface area is 131 Å². The van der Waals surface area contributed by atoms with Gasteiger partial charge in [0.2, 0.25) is 5.91 Å². The lowest BCUT2D eigenvalue weighted by molar-refractivity contribution is -0.120. The van der Waals surface area contributed by atoms with Crippen LogP contribution in [0.5, 0.6) is 5.75 Å². The third kappa shape index (κ3) is 4.90. The molecule has 0 radical (unpaired) electrons. The van der Waals surface area contributed by atoms with E-state index in [0.29, 0.717) is 17.3 Å². The second-order valence-corrected chi connectivity index (χ2v) is 5.42. The Bertz CT molecular complexity index is 518. The molecule has 1 amide bonds. The highest BCUT2D eigenvalue weighted by molar-refractivity contribution is 7.80. The molecule has 116 valence electrons. The average molecular weight is 309 g/mol. The number of ether oxygens (including phenoxy) is 1. The van der Waals surface area contributed by atoms with E-state index in [1.54, 1.807) is 13.2 Å². The number of thiocarbonyl (C=S) groups is 1. The van der Waals surface area contributed by atoms with Gasteiger partial charge in [-0.3, -0.25) is 4.79 Å². The van der Waals surface area contributed by atoms with Gasteiger partial charge in [0, 0.05) is 24.2 Å². The molecule has 0 aliphatic heterocycles. The van der Waals surface area contributed by atoms with Gasteiger partial charge in [0.05, 0.1) is 19.3 Å². The van der Waals surface area contributed by atoms with Crippen LogP contribution in [0.3, 0.4) is 0 Å². The maximum atomic E-state index is 12.0. The minimum Gasteiger partial charge on any atom is -0.497 e. The average Bonchev–Trinajstić information content (AvgIpc) is 2.43. The molecule has 0 heterocycles. The quantitative estimate of drug-likeness (QED) is 0.750. The fourth-order valence-electron chi connectivity index (χ4n) is 2.02. The Hall–Kier alpha value is -1.82. The van der Waals surface area contributed by atoms with Gasteiger partial charge in [-0.2, -0.15) is 0 Å². The number of methoxy groups -OCH3 is 1. The zero-order valence-corrected chi connectivity index (χ0v) is 13.8. The van der Waals surface area contributed by atoms with Gasteiger partial charge < -0.3 is 20.7 Å². The number of nitrogens with zero attached hydrogens (tertiary/aromatic N) is 1. The summed E-state index contributed by atoms with van der Waals surface area (Å²) in [5.74, 6) is 0.663. The van der Waals surface area contributed by atoms with Crippen LogP contribution in [-0.4, -0.2) is 37.1 Å². The van der Waals surface area contributed by atoms with Crippen molar-refractivity contribution < 1.29 is 9.53 Å². The van der Waals surface area contributed by atoms with Crippen LogP contribution < -0.4 is 20.7 Å². The zero-order valence-electron chi connectivity index (χ0n) is 13.0. The predicted octanol–water partition coefficient (Wildman–Crippen LogP) is 1.68. The molecule has 1 aromatic carbocycles. The Kier molecular flexibility index (Phi) is 6.42. The molecule has 21 heavy (non-hydrogen) atoms. The van der Waals surface area contributed by atoms with Crippen LogP contribution in [0.4, 0.5) is 5.69 Å². The standard InChI is InChI=1S/C15H23N3O2S/c1-5-18(9-14(19)17-10(2)3)13-8-11(20-4)6-7-12(13)15(16)21/h6-8,10H,5,9H2,1-4H3,(H2,16,21)(H,17,19). The number of nitrogens with one attached hydrogen (secondary N) is 1. The van der Waals surface area contributed by atoms with Crippen LogP contribution in [0.15, 0.2) is 18.2 Å². The van der Waals surface area contributed by atoms with Gasteiger partial charge in [-0.25, -0.2) is 0 Å². The maximum Gasteiger partial charge on any atom is 0.239 e. The van der Waals surface area contributed by atoms with E-state index >= 15 is 0 Å². The molecule has 1 aromatic rings. The van der Waals surface area contributed by atoms with Crippen LogP contribution in [-0.2, 0) is 4.79 Å². The molecule has 0 spiro atoms. The fourth-order valence-corrected chi connectivity index (χ4v) is 2.19. The summed E-state index contributed by atoms with van der Waals surface area (Å²) < 4.78 is 5.24. The molecule has 6 heteroatoms. The molecular weight excluding hydrogens is 286 g/mol. The highest BCUT2D eigenvalue weighted by Crippen LogP contribution is 2.26. The monoisotopic (exact) mass is 309 g/mol. The number of nitrogens with two attached hydrogens (primary N) is 1. The van der Waals surface area contributed by atoms with E-state index in [1.165, 1.54) is 0 Å². The molecule has 5 nitrogen and oxygen atoms in total. The Morgan fingerprint density at radius 2 is 2.14 bits per heavy atom. The first-order valence-corrected chi connectivity index (χ1v) is 7.32. The lowest BCUT2D eigenvalue weighted by Gasteiger charge is -2.26. The third-order valence-electron chi connectivity index (χ3n) is 2.98. The first kappa shape index (κ1) is 17.2. The van der Waals surface area contributed by atoms with Crippen LogP contribution in [0.25, 0.3) is 0 Å². The number of carbonyl (C=O) groups excluding carboxylic acids is 1. The van der Waals surface area contributed by atoms with Crippen LogP contribution in [0, 0.1) is 0 Å². The van der Waals surface area contributed by atoms with Gasteiger partial charge >= 0.3 is 0 Å². The van der Waals surface area contributed by atoms with Gasteiger partial charge in [0.1, 0.15) is 10.7 Å². The van der Waals surface area contributed by atoms with Crippen molar-refractivity contribution in [1.82, 2.24) is 5.32 Å². The zero-order chi connectivity index (χ0) is 16.0. The Morgan fingerprint density at radius 3 is 2.62 bits per heavy atom. The van der Waals surface area contributed by atoms with E-state index < -0.39 is 0 Å². The molecule has 0 saturated heterocycles. The van der Waals surface area contributed by atoms with Crippen LogP contribution in [0.2, 0.25) is 0 Å². The van der Waals surface area contributed by atoms with E-state index in [9.17, 15) is 4.79 Å². The fraction of sp³-hybridized carbons (Fsp3) is 0.467. The van der Waals surface area contributed by atoms with Crippen molar-refractivity contribution in [3.63, 3.8) is 0 Å². The van der Waals surface area contributed by atoms with Gasteiger partial charge in [-0.15, -0.1) is 0 Å². The summed E-state index contributed by atoms with van der Waals surface area (Å²) in [6.45, 7) is 6.75. The van der Waals surface area contributed by atoms with Crippen molar-refractivity contribution in [2.24, 2.45) is 5.73 Å². The second kappa shape index (κ2) is 7.83. The van der Waals surface area contributed by atoms with Gasteiger partial charge in [0.25, 0.3) is 0 Å². The van der Waals surface area contributed by atoms with Gasteiger partial charge in [-0.1, -0.05) is 12.2 Å². The van der Waals surface area contributed by atoms with Crippen LogP contribution in [0.1, 0.15) is 26.3 Å². The van der Waals surface area contributed by atoms with E-state index in [1.807, 2.05) is 37.8 Å². The lowest BCUT2D eigenvalue weighted by Crippen LogP contribution is -2.40. The van der Waals surface area contributed by atoms with E-state index in [-0.39, 0.29) is 18.5 Å². The summed E-state index contributed by atoms with van der Waals surface area (Å²) in [4.78, 5) is 14.2. The normalized spacial score (nSPS) is 10.3. The predicted molar refractivity (Wildman–Crippen MR) is 90.0 cm³/mol. The molecule has 0 unspecified atom stereocenters. The highest BCUT2D eigenvalue weighted by Gasteiger charge is 2.16. The minimum absolute atomic E-state index is 0.0384. The molecule has 0 bridgehead atoms. The SMILES string of the molecule is CCN(CC(=O)NC(C)C)c1cc(OC)ccc1C(N)=S. The topological polar surface area (TPSA) is 67.6 Å². The number of amides is 1. The van der Waals surface area contributed by atoms with Crippen molar-refractivity contribution in [3.8, 4) is 5.75 Å². The molecule has 1 rings (SSSR count). The number of carbonyl (C=O) groups is 1. The summed E-state index contributed by atoms with van der Waals surface area (Å²) in [5, 5.41) is 2.88. The van der Waals surface area contributed by atoms with Crippen molar-refractivity contribution >= 4 is 28.8 Å². The van der Waals surface area contributed by atoms with Crippen molar-refractivity contribution in [3.05, 3.63) is 23.8 Å². The molecular formula is C15H23N3O2S. The highest BCUT2D eigenvalue weighted by atomic mass is 32.1. The Morgan fingerprint density at radius 1 is 1.48 bits per heavy atom. The van der Waals surface area contributed by atoms with E-state index in [4.69, 9.17) is 22.7 Å². The van der Waals surface area contributed by atoms with Crippen molar-refractivity contribution in [2.45, 2.75) is 26.8 Å². The van der Waals surface area contributed by atoms with Gasteiger partial charge in [-0.05, 0) is 32.9 Å².